The highest BCUT2D eigenvalue weighted by molar-refractivity contribution is 7.89. The zero-order chi connectivity index (χ0) is 22.9. The summed E-state index contributed by atoms with van der Waals surface area (Å²) >= 11 is 3.09. The van der Waals surface area contributed by atoms with Crippen molar-refractivity contribution < 1.29 is 12.8 Å². The number of halogens is 1. The maximum absolute atomic E-state index is 13.4. The van der Waals surface area contributed by atoms with Gasteiger partial charge in [0, 0.05) is 12.6 Å². The summed E-state index contributed by atoms with van der Waals surface area (Å²) in [5.74, 6) is -0.475. The van der Waals surface area contributed by atoms with Crippen molar-refractivity contribution in [1.29, 1.82) is 0 Å². The third kappa shape index (κ3) is 4.70. The first-order valence-corrected chi connectivity index (χ1v) is 12.8. The summed E-state index contributed by atoms with van der Waals surface area (Å²) in [7, 11) is -3.84. The van der Waals surface area contributed by atoms with Gasteiger partial charge in [0.25, 0.3) is 5.56 Å². The van der Waals surface area contributed by atoms with E-state index < -0.39 is 15.8 Å². The summed E-state index contributed by atoms with van der Waals surface area (Å²) in [6.07, 6.45) is 0. The van der Waals surface area contributed by atoms with E-state index in [9.17, 15) is 17.6 Å². The molecular formula is C21H19FN4O3S3. The molecule has 0 amide bonds. The van der Waals surface area contributed by atoms with Crippen LogP contribution in [-0.2, 0) is 16.6 Å². The van der Waals surface area contributed by atoms with Gasteiger partial charge in [0.1, 0.15) is 16.5 Å². The lowest BCUT2D eigenvalue weighted by atomic mass is 10.2. The second kappa shape index (κ2) is 9.02. The number of aromatic nitrogens is 3. The third-order valence-electron chi connectivity index (χ3n) is 4.68. The second-order valence-electron chi connectivity index (χ2n) is 7.00. The van der Waals surface area contributed by atoms with E-state index in [0.29, 0.717) is 5.69 Å². The van der Waals surface area contributed by atoms with Crippen molar-refractivity contribution >= 4 is 32.7 Å². The van der Waals surface area contributed by atoms with E-state index in [4.69, 9.17) is 0 Å². The van der Waals surface area contributed by atoms with E-state index in [-0.39, 0.29) is 29.1 Å². The van der Waals surface area contributed by atoms with Gasteiger partial charge >= 0.3 is 0 Å². The number of hydrogen-bond acceptors (Lipinski definition) is 7. The van der Waals surface area contributed by atoms with Crippen LogP contribution in [0.25, 0.3) is 20.5 Å². The molecule has 0 radical (unpaired) electrons. The Morgan fingerprint density at radius 1 is 1.16 bits per heavy atom. The summed E-state index contributed by atoms with van der Waals surface area (Å²) in [6.45, 7) is 3.38. The third-order valence-corrected chi connectivity index (χ3v) is 8.36. The molecule has 0 aliphatic carbocycles. The molecule has 0 saturated heterocycles. The number of hydrogen-bond donors (Lipinski definition) is 1. The minimum atomic E-state index is -3.84. The van der Waals surface area contributed by atoms with Crippen molar-refractivity contribution in [2.24, 2.45) is 0 Å². The lowest BCUT2D eigenvalue weighted by Gasteiger charge is -2.09. The van der Waals surface area contributed by atoms with Gasteiger partial charge in [-0.2, -0.15) is 5.10 Å². The molecule has 0 atom stereocenters. The van der Waals surface area contributed by atoms with Gasteiger partial charge < -0.3 is 0 Å². The molecule has 1 aromatic carbocycles. The first-order chi connectivity index (χ1) is 15.2. The fraction of sp³-hybridized carbons (Fsp3) is 0.190. The molecule has 0 spiro atoms. The first kappa shape index (κ1) is 22.5. The van der Waals surface area contributed by atoms with E-state index in [2.05, 4.69) is 14.8 Å². The predicted octanol–water partition coefficient (Wildman–Crippen LogP) is 3.83. The topological polar surface area (TPSA) is 93.9 Å². The van der Waals surface area contributed by atoms with Crippen LogP contribution in [-0.4, -0.2) is 29.7 Å². The maximum Gasteiger partial charge on any atom is 0.266 e. The molecule has 32 heavy (non-hydrogen) atoms. The number of thiazole rings is 1. The molecule has 0 unspecified atom stereocenters. The Bertz CT molecular complexity index is 1430. The quantitative estimate of drug-likeness (QED) is 0.425. The fourth-order valence-corrected chi connectivity index (χ4v) is 5.96. The van der Waals surface area contributed by atoms with Crippen LogP contribution in [0.3, 0.4) is 0 Å². The molecule has 0 aliphatic rings. The number of sulfonamides is 1. The van der Waals surface area contributed by atoms with Crippen molar-refractivity contribution in [3.05, 3.63) is 75.3 Å². The monoisotopic (exact) mass is 490 g/mol. The minimum absolute atomic E-state index is 0.0353. The van der Waals surface area contributed by atoms with Gasteiger partial charge in [0.2, 0.25) is 10.0 Å². The summed E-state index contributed by atoms with van der Waals surface area (Å²) < 4.78 is 42.0. The molecule has 11 heteroatoms. The van der Waals surface area contributed by atoms with Gasteiger partial charge in [-0.3, -0.25) is 4.79 Å². The van der Waals surface area contributed by atoms with E-state index >= 15 is 0 Å². The van der Waals surface area contributed by atoms with Crippen LogP contribution in [0.4, 0.5) is 4.39 Å². The molecule has 4 aromatic rings. The van der Waals surface area contributed by atoms with Crippen molar-refractivity contribution in [2.45, 2.75) is 25.3 Å². The molecular weight excluding hydrogens is 471 g/mol. The molecule has 166 valence electrons. The Morgan fingerprint density at radius 2 is 1.97 bits per heavy atom. The Kier molecular flexibility index (Phi) is 6.33. The van der Waals surface area contributed by atoms with E-state index in [1.807, 2.05) is 24.4 Å². The summed E-state index contributed by atoms with van der Waals surface area (Å²) in [5.41, 5.74) is 1.30. The van der Waals surface area contributed by atoms with Crippen LogP contribution in [0.15, 0.2) is 57.5 Å². The average molecular weight is 491 g/mol. The van der Waals surface area contributed by atoms with Gasteiger partial charge in [-0.1, -0.05) is 6.07 Å². The first-order valence-electron chi connectivity index (χ1n) is 9.60. The molecule has 4 rings (SSSR count). The van der Waals surface area contributed by atoms with Crippen LogP contribution in [0.2, 0.25) is 0 Å². The molecule has 0 saturated carbocycles. The number of nitrogens with one attached hydrogen (secondary N) is 1. The fourth-order valence-electron chi connectivity index (χ4n) is 3.02. The minimum Gasteiger partial charge on any atom is -0.268 e. The normalized spacial score (nSPS) is 11.7. The molecule has 1 N–H and O–H groups in total. The number of thiophene rings is 1. The lowest BCUT2D eigenvalue weighted by molar-refractivity contribution is 0.548. The van der Waals surface area contributed by atoms with Crippen LogP contribution in [0.1, 0.15) is 11.3 Å². The molecule has 3 heterocycles. The van der Waals surface area contributed by atoms with Gasteiger partial charge in [0.15, 0.2) is 0 Å². The standard InChI is InChI=1S/C21H19FN4O3S3/c1-13-12-15(5-6-16(13)22)32(28,29)23-9-10-26-19(27)8-7-17(25-26)20-14(2)24-21(31-20)18-4-3-11-30-18/h3-8,11-12,23H,9-10H2,1-2H3. The summed E-state index contributed by atoms with van der Waals surface area (Å²) in [6, 6.07) is 10.6. The van der Waals surface area contributed by atoms with Gasteiger partial charge in [-0.25, -0.2) is 27.2 Å². The van der Waals surface area contributed by atoms with Gasteiger partial charge in [-0.05, 0) is 55.1 Å². The number of aryl methyl sites for hydroxylation is 2. The summed E-state index contributed by atoms with van der Waals surface area (Å²) in [5, 5.41) is 7.28. The van der Waals surface area contributed by atoms with Crippen molar-refractivity contribution in [1.82, 2.24) is 19.5 Å². The molecule has 7 nitrogen and oxygen atoms in total. The van der Waals surface area contributed by atoms with Crippen LogP contribution < -0.4 is 10.3 Å². The van der Waals surface area contributed by atoms with Gasteiger partial charge in [-0.15, -0.1) is 22.7 Å². The Hall–Kier alpha value is -2.73. The summed E-state index contributed by atoms with van der Waals surface area (Å²) in [4.78, 5) is 18.7. The SMILES string of the molecule is Cc1cc(S(=O)(=O)NCCn2nc(-c3sc(-c4cccs4)nc3C)ccc2=O)ccc1F. The smallest absolute Gasteiger partial charge is 0.266 e. The zero-order valence-electron chi connectivity index (χ0n) is 17.2. The predicted molar refractivity (Wildman–Crippen MR) is 124 cm³/mol. The van der Waals surface area contributed by atoms with Gasteiger partial charge in [0.05, 0.1) is 26.9 Å². The van der Waals surface area contributed by atoms with Crippen LogP contribution >= 0.6 is 22.7 Å². The molecule has 0 fully saturated rings. The van der Waals surface area contributed by atoms with E-state index in [1.54, 1.807) is 17.4 Å². The van der Waals surface area contributed by atoms with E-state index in [0.717, 1.165) is 26.5 Å². The molecule has 0 bridgehead atoms. The largest absolute Gasteiger partial charge is 0.268 e. The highest BCUT2D eigenvalue weighted by Gasteiger charge is 2.16. The molecule has 0 aliphatic heterocycles. The maximum atomic E-state index is 13.4. The van der Waals surface area contributed by atoms with E-state index in [1.165, 1.54) is 41.1 Å². The highest BCUT2D eigenvalue weighted by atomic mass is 32.2. The lowest BCUT2D eigenvalue weighted by Crippen LogP contribution is -2.32. The Labute approximate surface area is 192 Å². The Balaban J connectivity index is 1.51. The number of benzene rings is 1. The molecule has 3 aromatic heterocycles. The zero-order valence-corrected chi connectivity index (χ0v) is 19.7. The number of rotatable bonds is 7. The second-order valence-corrected chi connectivity index (χ2v) is 10.7. The number of nitrogens with zero attached hydrogens (tertiary/aromatic N) is 3. The van der Waals surface area contributed by atoms with Crippen LogP contribution in [0, 0.1) is 19.7 Å². The Morgan fingerprint density at radius 3 is 2.69 bits per heavy atom. The van der Waals surface area contributed by atoms with Crippen molar-refractivity contribution in [3.8, 4) is 20.5 Å². The average Bonchev–Trinajstić information content (AvgIpc) is 3.41. The van der Waals surface area contributed by atoms with Crippen LogP contribution in [0.5, 0.6) is 0 Å². The van der Waals surface area contributed by atoms with Crippen molar-refractivity contribution in [3.63, 3.8) is 0 Å². The van der Waals surface area contributed by atoms with Crippen molar-refractivity contribution in [2.75, 3.05) is 6.54 Å². The highest BCUT2D eigenvalue weighted by Crippen LogP contribution is 2.35.